The highest BCUT2D eigenvalue weighted by Crippen LogP contribution is 2.29. The molecule has 5 unspecified atom stereocenters. The van der Waals surface area contributed by atoms with Gasteiger partial charge >= 0.3 is 17.9 Å². The predicted octanol–water partition coefficient (Wildman–Crippen LogP) is -2.49. The third-order valence-electron chi connectivity index (χ3n) is 6.25. The van der Waals surface area contributed by atoms with Gasteiger partial charge in [-0.2, -0.15) is 0 Å². The van der Waals surface area contributed by atoms with Crippen molar-refractivity contribution in [3.8, 4) is 0 Å². The van der Waals surface area contributed by atoms with Crippen LogP contribution in [-0.2, 0) is 57.1 Å². The molecule has 3 N–H and O–H groups in total. The number of carbonyl (C=O) groups is 5. The molecule has 2 fully saturated rings. The molecule has 0 spiro atoms. The van der Waals surface area contributed by atoms with E-state index < -0.39 is 59.9 Å². The number of nitrogens with one attached hydrogen (secondary N) is 1. The molecule has 2 rings (SSSR count). The molecule has 41 heavy (non-hydrogen) atoms. The number of carbonyl (C=O) groups excluding carboxylic acids is 5. The molecule has 0 aromatic heterocycles. The van der Waals surface area contributed by atoms with Crippen LogP contribution in [0.15, 0.2) is 0 Å². The summed E-state index contributed by atoms with van der Waals surface area (Å²) in [5.41, 5.74) is -0.653. The molecule has 0 aliphatic carbocycles. The minimum Gasteiger partial charge on any atom is -0.463 e. The van der Waals surface area contributed by atoms with Gasteiger partial charge in [-0.1, -0.05) is 0 Å². The van der Waals surface area contributed by atoms with Gasteiger partial charge in [-0.25, -0.2) is 0 Å². The normalized spacial score (nSPS) is 25.0. The minimum atomic E-state index is -1.22. The van der Waals surface area contributed by atoms with Gasteiger partial charge in [0.05, 0.1) is 45.1 Å². The van der Waals surface area contributed by atoms with Gasteiger partial charge in [0.25, 0.3) is 0 Å². The number of esters is 3. The van der Waals surface area contributed by atoms with Gasteiger partial charge in [0, 0.05) is 40.8 Å². The molecule has 2 aliphatic heterocycles. The van der Waals surface area contributed by atoms with Crippen molar-refractivity contribution in [1.82, 2.24) is 10.2 Å². The first-order valence-corrected chi connectivity index (χ1v) is 13.1. The molecule has 234 valence electrons. The van der Waals surface area contributed by atoms with Crippen LogP contribution in [0.2, 0.25) is 0 Å². The summed E-state index contributed by atoms with van der Waals surface area (Å²) in [6.45, 7) is 4.58. The first kappa shape index (κ1) is 34.3. The number of hydrogen-bond donors (Lipinski definition) is 3. The lowest BCUT2D eigenvalue weighted by Gasteiger charge is -2.48. The molecule has 0 bridgehead atoms. The molecule has 0 saturated carbocycles. The third-order valence-corrected chi connectivity index (χ3v) is 6.25. The molecule has 0 radical (unpaired) electrons. The average molecular weight is 593 g/mol. The van der Waals surface area contributed by atoms with Crippen LogP contribution in [-0.4, -0.2) is 141 Å². The lowest BCUT2D eigenvalue weighted by atomic mass is 9.81. The summed E-state index contributed by atoms with van der Waals surface area (Å²) in [6.07, 6.45) is -4.73. The Labute approximate surface area is 237 Å². The molecular formula is C25H40N2O14. The van der Waals surface area contributed by atoms with Crippen LogP contribution in [0.3, 0.4) is 0 Å². The molecule has 0 aromatic rings. The van der Waals surface area contributed by atoms with Crippen LogP contribution < -0.4 is 5.32 Å². The van der Waals surface area contributed by atoms with Crippen molar-refractivity contribution in [2.24, 2.45) is 5.41 Å². The second kappa shape index (κ2) is 16.5. The first-order valence-electron chi connectivity index (χ1n) is 13.1. The second-order valence-electron chi connectivity index (χ2n) is 9.82. The van der Waals surface area contributed by atoms with E-state index in [1.165, 1.54) is 18.7 Å². The number of aliphatic hydroxyl groups is 2. The first-order chi connectivity index (χ1) is 19.4. The maximum atomic E-state index is 12.1. The summed E-state index contributed by atoms with van der Waals surface area (Å²) in [6, 6.07) is -1.08. The largest absolute Gasteiger partial charge is 0.463 e. The van der Waals surface area contributed by atoms with E-state index >= 15 is 0 Å². The Bertz CT molecular complexity index is 903. The fraction of sp³-hybridized carbons (Fsp3) is 0.800. The topological polar surface area (TPSA) is 206 Å². The van der Waals surface area contributed by atoms with Crippen LogP contribution in [0, 0.1) is 5.41 Å². The van der Waals surface area contributed by atoms with E-state index in [0.717, 1.165) is 13.8 Å². The fourth-order valence-corrected chi connectivity index (χ4v) is 4.32. The number of nitrogens with zero attached hydrogens (tertiary/aromatic N) is 1. The quantitative estimate of drug-likeness (QED) is 0.0963. The number of aliphatic hydroxyl groups excluding tert-OH is 2. The zero-order valence-corrected chi connectivity index (χ0v) is 23.7. The molecule has 16 heteroatoms. The Morgan fingerprint density at radius 1 is 0.854 bits per heavy atom. The van der Waals surface area contributed by atoms with Gasteiger partial charge in [0.15, 0.2) is 18.5 Å². The summed E-state index contributed by atoms with van der Waals surface area (Å²) in [4.78, 5) is 60.6. The minimum absolute atomic E-state index is 0.0385. The van der Waals surface area contributed by atoms with Crippen LogP contribution >= 0.6 is 0 Å². The predicted molar refractivity (Wildman–Crippen MR) is 135 cm³/mol. The summed E-state index contributed by atoms with van der Waals surface area (Å²) in [5.74, 6) is -2.81. The van der Waals surface area contributed by atoms with Crippen molar-refractivity contribution >= 4 is 29.7 Å². The number of ether oxygens (including phenoxy) is 7. The molecular weight excluding hydrogens is 552 g/mol. The van der Waals surface area contributed by atoms with E-state index in [0.29, 0.717) is 0 Å². The molecule has 2 saturated heterocycles. The smallest absolute Gasteiger partial charge is 0.303 e. The summed E-state index contributed by atoms with van der Waals surface area (Å²) < 4.78 is 38.2. The van der Waals surface area contributed by atoms with Crippen LogP contribution in [0.4, 0.5) is 0 Å². The Morgan fingerprint density at radius 2 is 1.44 bits per heavy atom. The monoisotopic (exact) mass is 592 g/mol. The van der Waals surface area contributed by atoms with E-state index in [1.54, 1.807) is 0 Å². The summed E-state index contributed by atoms with van der Waals surface area (Å²) in [7, 11) is 0. The van der Waals surface area contributed by atoms with Crippen molar-refractivity contribution in [3.63, 3.8) is 0 Å². The van der Waals surface area contributed by atoms with E-state index in [-0.39, 0.29) is 71.9 Å². The van der Waals surface area contributed by atoms with Crippen molar-refractivity contribution in [2.45, 2.75) is 58.3 Å². The fourth-order valence-electron chi connectivity index (χ4n) is 4.32. The van der Waals surface area contributed by atoms with Crippen LogP contribution in [0.1, 0.15) is 27.7 Å². The highest BCUT2D eigenvalue weighted by atomic mass is 16.7. The molecule has 5 atom stereocenters. The SMILES string of the molecule is CC(=O)NC1C(OCCOCCOCC(=O)N2CC(CO)(CO)C2)OC(COC(C)=O)C(OC(C)=O)C1OC(C)=O. The van der Waals surface area contributed by atoms with Crippen LogP contribution in [0.5, 0.6) is 0 Å². The molecule has 2 aliphatic rings. The maximum absolute atomic E-state index is 12.1. The standard InChI is InChI=1S/C25H40N2O14/c1-15(30)26-21-23(40-18(4)33)22(39-17(3)32)19(9-38-16(2)31)41-24(21)37-8-7-35-5-6-36-10-20(34)27-11-25(12-27,13-28)14-29/h19,21-24,28-29H,5-14H2,1-4H3,(H,26,30). The molecule has 2 heterocycles. The molecule has 16 nitrogen and oxygen atoms in total. The Kier molecular flexibility index (Phi) is 13.8. The Hall–Kier alpha value is -2.89. The molecule has 2 amide bonds. The van der Waals surface area contributed by atoms with Gasteiger partial charge in [-0.05, 0) is 0 Å². The van der Waals surface area contributed by atoms with Gasteiger partial charge in [0.2, 0.25) is 11.8 Å². The van der Waals surface area contributed by atoms with E-state index in [9.17, 15) is 34.2 Å². The lowest BCUT2D eigenvalue weighted by Crippen LogP contribution is -2.66. The number of hydrogen-bond acceptors (Lipinski definition) is 14. The van der Waals surface area contributed by atoms with Gasteiger partial charge < -0.3 is 53.6 Å². The second-order valence-corrected chi connectivity index (χ2v) is 9.82. The van der Waals surface area contributed by atoms with Gasteiger partial charge in [-0.15, -0.1) is 0 Å². The zero-order valence-electron chi connectivity index (χ0n) is 23.7. The van der Waals surface area contributed by atoms with E-state index in [4.69, 9.17) is 33.2 Å². The summed E-state index contributed by atoms with van der Waals surface area (Å²) in [5, 5.41) is 21.2. The van der Waals surface area contributed by atoms with E-state index in [2.05, 4.69) is 5.32 Å². The number of amides is 2. The Morgan fingerprint density at radius 3 is 2.00 bits per heavy atom. The maximum Gasteiger partial charge on any atom is 0.303 e. The zero-order chi connectivity index (χ0) is 30.6. The molecule has 0 aromatic carbocycles. The highest BCUT2D eigenvalue weighted by Gasteiger charge is 2.51. The Balaban J connectivity index is 1.88. The average Bonchev–Trinajstić information content (AvgIpc) is 2.86. The van der Waals surface area contributed by atoms with E-state index in [1.807, 2.05) is 0 Å². The van der Waals surface area contributed by atoms with Crippen molar-refractivity contribution in [2.75, 3.05) is 65.9 Å². The van der Waals surface area contributed by atoms with Crippen molar-refractivity contribution in [3.05, 3.63) is 0 Å². The third kappa shape index (κ3) is 10.8. The summed E-state index contributed by atoms with van der Waals surface area (Å²) >= 11 is 0. The van der Waals surface area contributed by atoms with Crippen molar-refractivity contribution < 1.29 is 67.3 Å². The van der Waals surface area contributed by atoms with Crippen molar-refractivity contribution in [1.29, 1.82) is 0 Å². The lowest BCUT2D eigenvalue weighted by molar-refractivity contribution is -0.279. The highest BCUT2D eigenvalue weighted by molar-refractivity contribution is 5.78. The van der Waals surface area contributed by atoms with Gasteiger partial charge in [0.1, 0.15) is 25.4 Å². The van der Waals surface area contributed by atoms with Gasteiger partial charge in [-0.3, -0.25) is 24.0 Å². The number of likely N-dealkylation sites (tertiary alicyclic amines) is 1. The number of rotatable bonds is 16. The van der Waals surface area contributed by atoms with Crippen LogP contribution in [0.25, 0.3) is 0 Å².